The van der Waals surface area contributed by atoms with Crippen LogP contribution >= 0.6 is 0 Å². The highest BCUT2D eigenvalue weighted by Gasteiger charge is 2.24. The minimum absolute atomic E-state index is 0.0815. The van der Waals surface area contributed by atoms with E-state index in [0.29, 0.717) is 31.3 Å². The van der Waals surface area contributed by atoms with Crippen molar-refractivity contribution < 1.29 is 19.1 Å². The van der Waals surface area contributed by atoms with E-state index in [1.54, 1.807) is 0 Å². The van der Waals surface area contributed by atoms with Crippen LogP contribution in [0.1, 0.15) is 99.3 Å². The second-order valence-corrected chi connectivity index (χ2v) is 8.24. The van der Waals surface area contributed by atoms with E-state index < -0.39 is 0 Å². The van der Waals surface area contributed by atoms with Crippen molar-refractivity contribution in [3.63, 3.8) is 0 Å². The summed E-state index contributed by atoms with van der Waals surface area (Å²) in [5.41, 5.74) is 0. The van der Waals surface area contributed by atoms with Crippen LogP contribution in [0.25, 0.3) is 0 Å². The lowest BCUT2D eigenvalue weighted by molar-refractivity contribution is -0.156. The van der Waals surface area contributed by atoms with Gasteiger partial charge in [0.2, 0.25) is 0 Å². The van der Waals surface area contributed by atoms with E-state index in [2.05, 4.69) is 41.5 Å². The lowest BCUT2D eigenvalue weighted by Crippen LogP contribution is -2.30. The Labute approximate surface area is 161 Å². The first-order valence-corrected chi connectivity index (χ1v) is 10.6. The van der Waals surface area contributed by atoms with Crippen molar-refractivity contribution in [3.8, 4) is 0 Å². The Morgan fingerprint density at radius 2 is 1.35 bits per heavy atom. The molecule has 0 saturated carbocycles. The number of hydrogen-bond donors (Lipinski definition) is 0. The standard InChI is InChI=1S/C22H42O4/c1-7-11-20(26-22(24)15-10-13-18(5)6)19(8-2)16-25-21(23)14-9-12-17(3)4/h17-20H,7-16H2,1-6H3. The van der Waals surface area contributed by atoms with Gasteiger partial charge in [0, 0.05) is 18.8 Å². The van der Waals surface area contributed by atoms with Gasteiger partial charge in [-0.15, -0.1) is 0 Å². The Morgan fingerprint density at radius 3 is 1.81 bits per heavy atom. The second kappa shape index (κ2) is 15.0. The zero-order valence-electron chi connectivity index (χ0n) is 18.0. The lowest BCUT2D eigenvalue weighted by atomic mass is 9.96. The van der Waals surface area contributed by atoms with Gasteiger partial charge in [-0.2, -0.15) is 0 Å². The molecule has 4 heteroatoms. The average molecular weight is 371 g/mol. The van der Waals surface area contributed by atoms with Crippen molar-refractivity contribution in [2.24, 2.45) is 17.8 Å². The average Bonchev–Trinajstić information content (AvgIpc) is 2.54. The summed E-state index contributed by atoms with van der Waals surface area (Å²) in [7, 11) is 0. The molecule has 4 nitrogen and oxygen atoms in total. The van der Waals surface area contributed by atoms with Crippen LogP contribution in [0, 0.1) is 17.8 Å². The minimum atomic E-state index is -0.153. The van der Waals surface area contributed by atoms with Gasteiger partial charge in [-0.1, -0.05) is 60.8 Å². The molecule has 0 amide bonds. The van der Waals surface area contributed by atoms with E-state index in [1.165, 1.54) is 0 Å². The quantitative estimate of drug-likeness (QED) is 0.336. The molecule has 26 heavy (non-hydrogen) atoms. The van der Waals surface area contributed by atoms with E-state index in [1.807, 2.05) is 0 Å². The molecule has 0 aromatic carbocycles. The third-order valence-corrected chi connectivity index (χ3v) is 4.69. The summed E-state index contributed by atoms with van der Waals surface area (Å²) < 4.78 is 11.2. The van der Waals surface area contributed by atoms with Gasteiger partial charge in [-0.3, -0.25) is 9.59 Å². The monoisotopic (exact) mass is 370 g/mol. The molecule has 0 radical (unpaired) electrons. The minimum Gasteiger partial charge on any atom is -0.465 e. The zero-order valence-corrected chi connectivity index (χ0v) is 18.0. The Morgan fingerprint density at radius 1 is 0.808 bits per heavy atom. The fourth-order valence-corrected chi connectivity index (χ4v) is 2.97. The smallest absolute Gasteiger partial charge is 0.306 e. The van der Waals surface area contributed by atoms with Gasteiger partial charge in [0.25, 0.3) is 0 Å². The van der Waals surface area contributed by atoms with E-state index in [4.69, 9.17) is 9.47 Å². The third-order valence-electron chi connectivity index (χ3n) is 4.69. The Kier molecular flexibility index (Phi) is 14.4. The predicted octanol–water partition coefficient (Wildman–Crippen LogP) is 5.92. The van der Waals surface area contributed by atoms with Crippen LogP contribution in [-0.2, 0) is 19.1 Å². The summed E-state index contributed by atoms with van der Waals surface area (Å²) in [5, 5.41) is 0. The maximum absolute atomic E-state index is 12.1. The van der Waals surface area contributed by atoms with E-state index >= 15 is 0 Å². The number of ether oxygens (including phenoxy) is 2. The maximum atomic E-state index is 12.1. The molecule has 0 aromatic rings. The van der Waals surface area contributed by atoms with Crippen molar-refractivity contribution in [1.29, 1.82) is 0 Å². The van der Waals surface area contributed by atoms with Gasteiger partial charge in [0.1, 0.15) is 6.10 Å². The molecular formula is C22H42O4. The van der Waals surface area contributed by atoms with E-state index in [9.17, 15) is 9.59 Å². The highest BCUT2D eigenvalue weighted by molar-refractivity contribution is 5.70. The molecule has 0 aromatic heterocycles. The molecule has 0 rings (SSSR count). The number of carbonyl (C=O) groups is 2. The Balaban J connectivity index is 4.38. The lowest BCUT2D eigenvalue weighted by Gasteiger charge is -2.26. The van der Waals surface area contributed by atoms with Crippen LogP contribution in [0.3, 0.4) is 0 Å². The number of esters is 2. The van der Waals surface area contributed by atoms with E-state index in [-0.39, 0.29) is 24.0 Å². The predicted molar refractivity (Wildman–Crippen MR) is 107 cm³/mol. The van der Waals surface area contributed by atoms with Gasteiger partial charge in [0.05, 0.1) is 6.61 Å². The van der Waals surface area contributed by atoms with Gasteiger partial charge >= 0.3 is 11.9 Å². The third kappa shape index (κ3) is 13.2. The van der Waals surface area contributed by atoms with Gasteiger partial charge < -0.3 is 9.47 Å². The van der Waals surface area contributed by atoms with Crippen molar-refractivity contribution in [3.05, 3.63) is 0 Å². The summed E-state index contributed by atoms with van der Waals surface area (Å²) in [6, 6.07) is 0. The van der Waals surface area contributed by atoms with Crippen LogP contribution < -0.4 is 0 Å². The van der Waals surface area contributed by atoms with Crippen LogP contribution in [0.2, 0.25) is 0 Å². The molecule has 0 N–H and O–H groups in total. The van der Waals surface area contributed by atoms with Crippen molar-refractivity contribution >= 4 is 11.9 Å². The highest BCUT2D eigenvalue weighted by Crippen LogP contribution is 2.20. The highest BCUT2D eigenvalue weighted by atomic mass is 16.6. The van der Waals surface area contributed by atoms with Crippen LogP contribution in [0.15, 0.2) is 0 Å². The first-order chi connectivity index (χ1) is 12.3. The molecule has 0 bridgehead atoms. The molecule has 0 saturated heterocycles. The fourth-order valence-electron chi connectivity index (χ4n) is 2.97. The summed E-state index contributed by atoms with van der Waals surface area (Å²) in [5.74, 6) is 1.04. The summed E-state index contributed by atoms with van der Waals surface area (Å²) in [6.07, 6.45) is 7.22. The molecule has 0 aliphatic carbocycles. The van der Waals surface area contributed by atoms with Gasteiger partial charge in [-0.05, 0) is 37.5 Å². The SMILES string of the molecule is CCCC(OC(=O)CCCC(C)C)C(CC)COC(=O)CCCC(C)C. The topological polar surface area (TPSA) is 52.6 Å². The summed E-state index contributed by atoms with van der Waals surface area (Å²) in [6.45, 7) is 13.1. The van der Waals surface area contributed by atoms with Crippen LogP contribution in [0.5, 0.6) is 0 Å². The van der Waals surface area contributed by atoms with Crippen LogP contribution in [0.4, 0.5) is 0 Å². The van der Waals surface area contributed by atoms with Crippen molar-refractivity contribution in [1.82, 2.24) is 0 Å². The molecule has 0 aliphatic rings. The molecule has 2 unspecified atom stereocenters. The second-order valence-electron chi connectivity index (χ2n) is 8.24. The molecular weight excluding hydrogens is 328 g/mol. The molecule has 0 aliphatic heterocycles. The van der Waals surface area contributed by atoms with Gasteiger partial charge in [0.15, 0.2) is 0 Å². The molecule has 0 fully saturated rings. The molecule has 2 atom stereocenters. The summed E-state index contributed by atoms with van der Waals surface area (Å²) >= 11 is 0. The number of rotatable bonds is 15. The van der Waals surface area contributed by atoms with Crippen molar-refractivity contribution in [2.45, 2.75) is 105 Å². The number of hydrogen-bond acceptors (Lipinski definition) is 4. The summed E-state index contributed by atoms with van der Waals surface area (Å²) in [4.78, 5) is 24.1. The van der Waals surface area contributed by atoms with E-state index in [0.717, 1.165) is 44.9 Å². The first-order valence-electron chi connectivity index (χ1n) is 10.6. The first kappa shape index (κ1) is 24.9. The molecule has 0 heterocycles. The normalized spacial score (nSPS) is 13.7. The zero-order chi connectivity index (χ0) is 19.9. The van der Waals surface area contributed by atoms with Crippen molar-refractivity contribution in [2.75, 3.05) is 6.61 Å². The molecule has 0 spiro atoms. The largest absolute Gasteiger partial charge is 0.465 e. The van der Waals surface area contributed by atoms with Crippen LogP contribution in [-0.4, -0.2) is 24.6 Å². The number of carbonyl (C=O) groups excluding carboxylic acids is 2. The Hall–Kier alpha value is -1.06. The van der Waals surface area contributed by atoms with Gasteiger partial charge in [-0.25, -0.2) is 0 Å². The fraction of sp³-hybridized carbons (Fsp3) is 0.909. The Bertz CT molecular complexity index is 376. The molecule has 154 valence electrons. The maximum Gasteiger partial charge on any atom is 0.306 e.